The molecule has 1 aliphatic rings. The van der Waals surface area contributed by atoms with Crippen molar-refractivity contribution in [2.75, 3.05) is 5.73 Å². The number of anilines is 1. The van der Waals surface area contributed by atoms with Gasteiger partial charge in [-0.25, -0.2) is 4.98 Å². The maximum absolute atomic E-state index is 12.7. The predicted octanol–water partition coefficient (Wildman–Crippen LogP) is 4.63. The third-order valence-electron chi connectivity index (χ3n) is 5.54. The van der Waals surface area contributed by atoms with Crippen LogP contribution in [0.5, 0.6) is 0 Å². The van der Waals surface area contributed by atoms with Crippen LogP contribution in [0.1, 0.15) is 51.8 Å². The molecule has 1 atom stereocenters. The van der Waals surface area contributed by atoms with E-state index in [1.807, 2.05) is 24.3 Å². The Kier molecular flexibility index (Phi) is 4.87. The summed E-state index contributed by atoms with van der Waals surface area (Å²) in [6.07, 6.45) is 4.49. The Labute approximate surface area is 163 Å². The molecular weight excluding hydrogens is 354 g/mol. The molecule has 4 rings (SSSR count). The largest absolute Gasteiger partial charge is 0.397 e. The summed E-state index contributed by atoms with van der Waals surface area (Å²) in [4.78, 5) is 19.0. The number of nitrogens with two attached hydrogens (primary N) is 1. The lowest BCUT2D eigenvalue weighted by Crippen LogP contribution is -2.22. The van der Waals surface area contributed by atoms with E-state index in [1.54, 1.807) is 0 Å². The molecular formula is C22H25N3OS. The normalized spacial score (nSPS) is 16.3. The van der Waals surface area contributed by atoms with E-state index in [4.69, 9.17) is 10.7 Å². The Bertz CT molecular complexity index is 991. The van der Waals surface area contributed by atoms with E-state index in [0.29, 0.717) is 17.1 Å². The van der Waals surface area contributed by atoms with Crippen LogP contribution in [0.25, 0.3) is 10.2 Å². The van der Waals surface area contributed by atoms with Crippen molar-refractivity contribution >= 4 is 33.1 Å². The number of rotatable bonds is 4. The quantitative estimate of drug-likeness (QED) is 0.694. The molecule has 140 valence electrons. The monoisotopic (exact) mass is 379 g/mol. The predicted molar refractivity (Wildman–Crippen MR) is 112 cm³/mol. The first-order chi connectivity index (χ1) is 13.0. The van der Waals surface area contributed by atoms with Gasteiger partial charge in [-0.3, -0.25) is 4.79 Å². The first-order valence-electron chi connectivity index (χ1n) is 9.59. The van der Waals surface area contributed by atoms with Crippen molar-refractivity contribution in [1.82, 2.24) is 10.3 Å². The number of nitrogens with one attached hydrogen (secondary N) is 1. The van der Waals surface area contributed by atoms with Crippen LogP contribution in [0, 0.1) is 12.8 Å². The van der Waals surface area contributed by atoms with Gasteiger partial charge in [0.1, 0.15) is 9.71 Å². The molecule has 2 heterocycles. The van der Waals surface area contributed by atoms with E-state index < -0.39 is 0 Å². The number of pyridine rings is 1. The summed E-state index contributed by atoms with van der Waals surface area (Å²) in [5.41, 5.74) is 11.7. The molecule has 0 spiro atoms. The molecule has 1 aliphatic carbocycles. The highest BCUT2D eigenvalue weighted by Gasteiger charge is 2.23. The number of benzene rings is 1. The van der Waals surface area contributed by atoms with Crippen molar-refractivity contribution in [3.63, 3.8) is 0 Å². The first kappa shape index (κ1) is 18.0. The fraction of sp³-hybridized carbons (Fsp3) is 0.364. The maximum Gasteiger partial charge on any atom is 0.263 e. The molecule has 27 heavy (non-hydrogen) atoms. The van der Waals surface area contributed by atoms with Gasteiger partial charge in [-0.05, 0) is 49.3 Å². The topological polar surface area (TPSA) is 68.0 Å². The van der Waals surface area contributed by atoms with Gasteiger partial charge >= 0.3 is 0 Å². The third-order valence-corrected chi connectivity index (χ3v) is 6.66. The highest BCUT2D eigenvalue weighted by molar-refractivity contribution is 7.21. The van der Waals surface area contributed by atoms with Crippen LogP contribution in [0.2, 0.25) is 0 Å². The summed E-state index contributed by atoms with van der Waals surface area (Å²) in [7, 11) is 0. The smallest absolute Gasteiger partial charge is 0.263 e. The van der Waals surface area contributed by atoms with E-state index >= 15 is 0 Å². The summed E-state index contributed by atoms with van der Waals surface area (Å²) >= 11 is 1.40. The van der Waals surface area contributed by atoms with E-state index in [9.17, 15) is 4.79 Å². The van der Waals surface area contributed by atoms with Gasteiger partial charge in [-0.2, -0.15) is 0 Å². The molecule has 5 heteroatoms. The molecule has 0 bridgehead atoms. The number of nitrogen functional groups attached to an aromatic ring is 1. The van der Waals surface area contributed by atoms with Crippen molar-refractivity contribution in [3.05, 3.63) is 57.6 Å². The van der Waals surface area contributed by atoms with Gasteiger partial charge in [-0.15, -0.1) is 11.3 Å². The lowest BCUT2D eigenvalue weighted by Gasteiger charge is -2.22. The Morgan fingerprint density at radius 1 is 1.33 bits per heavy atom. The van der Waals surface area contributed by atoms with Gasteiger partial charge in [0.15, 0.2) is 0 Å². The van der Waals surface area contributed by atoms with Gasteiger partial charge in [-0.1, -0.05) is 43.2 Å². The average Bonchev–Trinajstić information content (AvgIpc) is 3.01. The molecule has 0 aliphatic heterocycles. The van der Waals surface area contributed by atoms with E-state index in [0.717, 1.165) is 34.5 Å². The summed E-state index contributed by atoms with van der Waals surface area (Å²) < 4.78 is 0. The molecule has 3 aromatic rings. The molecule has 0 fully saturated rings. The van der Waals surface area contributed by atoms with Crippen LogP contribution in [0.4, 0.5) is 5.69 Å². The second-order valence-corrected chi connectivity index (χ2v) is 8.48. The van der Waals surface area contributed by atoms with Crippen LogP contribution in [-0.2, 0) is 19.4 Å². The number of amides is 1. The number of carbonyl (C=O) groups excluding carboxylic acids is 1. The van der Waals surface area contributed by atoms with Gasteiger partial charge in [0.2, 0.25) is 0 Å². The van der Waals surface area contributed by atoms with Crippen molar-refractivity contribution in [1.29, 1.82) is 0 Å². The van der Waals surface area contributed by atoms with E-state index in [2.05, 4.69) is 25.2 Å². The number of aryl methyl sites for hydroxylation is 2. The van der Waals surface area contributed by atoms with Crippen LogP contribution in [0.15, 0.2) is 30.3 Å². The minimum Gasteiger partial charge on any atom is -0.397 e. The molecule has 1 aromatic carbocycles. The van der Waals surface area contributed by atoms with E-state index in [-0.39, 0.29) is 5.91 Å². The second-order valence-electron chi connectivity index (χ2n) is 7.48. The zero-order chi connectivity index (χ0) is 19.0. The zero-order valence-electron chi connectivity index (χ0n) is 15.8. The molecule has 0 saturated heterocycles. The molecule has 2 aromatic heterocycles. The average molecular weight is 380 g/mol. The van der Waals surface area contributed by atoms with Crippen molar-refractivity contribution < 1.29 is 4.79 Å². The number of thiophene rings is 1. The number of carbonyl (C=O) groups is 1. The Hall–Kier alpha value is -2.40. The number of hydrogen-bond donors (Lipinski definition) is 2. The Morgan fingerprint density at radius 2 is 2.11 bits per heavy atom. The molecule has 1 amide bonds. The fourth-order valence-electron chi connectivity index (χ4n) is 3.75. The highest BCUT2D eigenvalue weighted by Crippen LogP contribution is 2.36. The standard InChI is InChI=1S/C22H25N3OS/c1-3-14-8-9-18-16(10-14)11-17-19(23)20(27-22(17)25-18)21(26)24-12-15-6-4-13(2)5-7-15/h4-7,11,14H,3,8-10,12,23H2,1-2H3,(H,24,26)/t14-/m1/s1. The third kappa shape index (κ3) is 3.56. The summed E-state index contributed by atoms with van der Waals surface area (Å²) in [5, 5.41) is 3.91. The number of nitrogens with zero attached hydrogens (tertiary/aromatic N) is 1. The lowest BCUT2D eigenvalue weighted by molar-refractivity contribution is 0.0956. The highest BCUT2D eigenvalue weighted by atomic mass is 32.1. The van der Waals surface area contributed by atoms with Gasteiger partial charge < -0.3 is 11.1 Å². The summed E-state index contributed by atoms with van der Waals surface area (Å²) in [6, 6.07) is 10.3. The number of fused-ring (bicyclic) bond motifs is 2. The summed E-state index contributed by atoms with van der Waals surface area (Å²) in [6.45, 7) is 4.79. The minimum absolute atomic E-state index is 0.125. The van der Waals surface area contributed by atoms with Gasteiger partial charge in [0.25, 0.3) is 5.91 Å². The Morgan fingerprint density at radius 3 is 2.85 bits per heavy atom. The molecule has 3 N–H and O–H groups in total. The van der Waals surface area contributed by atoms with Crippen molar-refractivity contribution in [3.8, 4) is 0 Å². The van der Waals surface area contributed by atoms with Crippen molar-refractivity contribution in [2.45, 2.75) is 46.1 Å². The minimum atomic E-state index is -0.125. The van der Waals surface area contributed by atoms with Crippen LogP contribution in [0.3, 0.4) is 0 Å². The van der Waals surface area contributed by atoms with Crippen LogP contribution in [-0.4, -0.2) is 10.9 Å². The summed E-state index contributed by atoms with van der Waals surface area (Å²) in [5.74, 6) is 0.606. The SMILES string of the molecule is CC[C@@H]1CCc2nc3sc(C(=O)NCc4ccc(C)cc4)c(N)c3cc2C1. The van der Waals surface area contributed by atoms with Gasteiger partial charge in [0, 0.05) is 17.6 Å². The second kappa shape index (κ2) is 7.31. The molecule has 0 radical (unpaired) electrons. The van der Waals surface area contributed by atoms with Crippen molar-refractivity contribution in [2.24, 2.45) is 5.92 Å². The number of hydrogen-bond acceptors (Lipinski definition) is 4. The maximum atomic E-state index is 12.7. The number of aromatic nitrogens is 1. The zero-order valence-corrected chi connectivity index (χ0v) is 16.7. The fourth-order valence-corrected chi connectivity index (χ4v) is 4.76. The first-order valence-corrected chi connectivity index (χ1v) is 10.4. The van der Waals surface area contributed by atoms with Crippen LogP contribution >= 0.6 is 11.3 Å². The molecule has 4 nitrogen and oxygen atoms in total. The Balaban J connectivity index is 1.57. The van der Waals surface area contributed by atoms with E-state index in [1.165, 1.54) is 41.0 Å². The van der Waals surface area contributed by atoms with Gasteiger partial charge in [0.05, 0.1) is 5.69 Å². The van der Waals surface area contributed by atoms with Crippen LogP contribution < -0.4 is 11.1 Å². The lowest BCUT2D eigenvalue weighted by atomic mass is 9.85. The molecule has 0 saturated carbocycles. The molecule has 0 unspecified atom stereocenters.